The molecule has 3 atom stereocenters. The highest BCUT2D eigenvalue weighted by atomic mass is 16.5. The molecule has 2 heteroatoms. The van der Waals surface area contributed by atoms with Crippen LogP contribution in [0.1, 0.15) is 78.1 Å². The average Bonchev–Trinajstić information content (AvgIpc) is 2.85. The topological polar surface area (TPSA) is 12.5 Å². The van der Waals surface area contributed by atoms with Crippen molar-refractivity contribution in [3.05, 3.63) is 0 Å². The van der Waals surface area contributed by atoms with Gasteiger partial charge in [-0.1, -0.05) is 58.8 Å². The van der Waals surface area contributed by atoms with Crippen molar-refractivity contribution in [2.75, 3.05) is 13.3 Å². The molecule has 2 rings (SSSR count). The Bertz CT molecular complexity index is 243. The Balaban J connectivity index is 1.61. The molecule has 0 bridgehead atoms. The van der Waals surface area contributed by atoms with E-state index in [4.69, 9.17) is 4.74 Å². The lowest BCUT2D eigenvalue weighted by Crippen LogP contribution is -2.42. The van der Waals surface area contributed by atoms with Crippen LogP contribution >= 0.6 is 0 Å². The summed E-state index contributed by atoms with van der Waals surface area (Å²) in [6.07, 6.45) is 14.4. The van der Waals surface area contributed by atoms with Gasteiger partial charge in [0, 0.05) is 12.6 Å². The van der Waals surface area contributed by atoms with Gasteiger partial charge in [-0.15, -0.1) is 0 Å². The minimum atomic E-state index is 0.545. The molecule has 3 unspecified atom stereocenters. The monoisotopic (exact) mass is 267 g/mol. The molecule has 2 nitrogen and oxygen atoms in total. The van der Waals surface area contributed by atoms with Gasteiger partial charge in [0.25, 0.3) is 0 Å². The van der Waals surface area contributed by atoms with Crippen molar-refractivity contribution >= 4 is 0 Å². The van der Waals surface area contributed by atoms with Crippen molar-refractivity contribution in [1.82, 2.24) is 4.90 Å². The summed E-state index contributed by atoms with van der Waals surface area (Å²) in [7, 11) is 0. The summed E-state index contributed by atoms with van der Waals surface area (Å²) in [5.74, 6) is 0.924. The van der Waals surface area contributed by atoms with Gasteiger partial charge in [-0.3, -0.25) is 4.90 Å². The molecule has 2 aliphatic heterocycles. The van der Waals surface area contributed by atoms with Crippen molar-refractivity contribution in [1.29, 1.82) is 0 Å². The number of nitrogens with zero attached hydrogens (tertiary/aromatic N) is 1. The number of unbranched alkanes of at least 4 members (excludes halogenated alkanes) is 5. The zero-order chi connectivity index (χ0) is 13.5. The van der Waals surface area contributed by atoms with Crippen molar-refractivity contribution in [3.63, 3.8) is 0 Å². The predicted octanol–water partition coefficient (Wildman–Crippen LogP) is 4.58. The summed E-state index contributed by atoms with van der Waals surface area (Å²) in [4.78, 5) is 2.61. The van der Waals surface area contributed by atoms with Gasteiger partial charge in [0.05, 0.1) is 12.8 Å². The molecule has 2 heterocycles. The van der Waals surface area contributed by atoms with Gasteiger partial charge in [-0.25, -0.2) is 0 Å². The third kappa shape index (κ3) is 4.46. The van der Waals surface area contributed by atoms with E-state index >= 15 is 0 Å². The van der Waals surface area contributed by atoms with Gasteiger partial charge in [-0.05, 0) is 25.2 Å². The first-order chi connectivity index (χ1) is 9.35. The molecule has 2 fully saturated rings. The maximum absolute atomic E-state index is 6.05. The number of hydrogen-bond acceptors (Lipinski definition) is 2. The molecule has 0 saturated carbocycles. The van der Waals surface area contributed by atoms with Crippen molar-refractivity contribution in [2.24, 2.45) is 5.92 Å². The minimum absolute atomic E-state index is 0.545. The van der Waals surface area contributed by atoms with E-state index in [0.717, 1.165) is 18.7 Å². The van der Waals surface area contributed by atoms with Gasteiger partial charge in [0.1, 0.15) is 0 Å². The first kappa shape index (κ1) is 15.3. The lowest BCUT2D eigenvalue weighted by molar-refractivity contribution is 0.0800. The van der Waals surface area contributed by atoms with Crippen LogP contribution in [0.5, 0.6) is 0 Å². The minimum Gasteiger partial charge on any atom is -0.361 e. The quantitative estimate of drug-likeness (QED) is 0.597. The van der Waals surface area contributed by atoms with Crippen LogP contribution in [-0.4, -0.2) is 30.3 Å². The standard InChI is InChI=1S/C17H33NO/c1-3-5-6-7-8-9-10-17-16-12-11-15(4-2)13-18(16)14-19-17/h15-17H,3-14H2,1-2H3. The average molecular weight is 267 g/mol. The smallest absolute Gasteiger partial charge is 0.0998 e. The number of rotatable bonds is 8. The Kier molecular flexibility index (Phi) is 6.66. The Morgan fingerprint density at radius 2 is 1.79 bits per heavy atom. The van der Waals surface area contributed by atoms with Crippen LogP contribution in [-0.2, 0) is 4.74 Å². The van der Waals surface area contributed by atoms with Gasteiger partial charge >= 0.3 is 0 Å². The Labute approximate surface area is 119 Å². The van der Waals surface area contributed by atoms with Gasteiger partial charge in [0.15, 0.2) is 0 Å². The Morgan fingerprint density at radius 3 is 2.58 bits per heavy atom. The number of ether oxygens (including phenoxy) is 1. The van der Waals surface area contributed by atoms with Gasteiger partial charge in [-0.2, -0.15) is 0 Å². The van der Waals surface area contributed by atoms with Crippen LogP contribution in [0.2, 0.25) is 0 Å². The van der Waals surface area contributed by atoms with Crippen LogP contribution < -0.4 is 0 Å². The number of fused-ring (bicyclic) bond motifs is 1. The Hall–Kier alpha value is -0.0800. The van der Waals surface area contributed by atoms with Gasteiger partial charge in [0.2, 0.25) is 0 Å². The zero-order valence-electron chi connectivity index (χ0n) is 13.1. The van der Waals surface area contributed by atoms with Crippen LogP contribution in [0.15, 0.2) is 0 Å². The normalized spacial score (nSPS) is 31.6. The number of hydrogen-bond donors (Lipinski definition) is 0. The Morgan fingerprint density at radius 1 is 1.00 bits per heavy atom. The van der Waals surface area contributed by atoms with E-state index in [0.29, 0.717) is 6.10 Å². The summed E-state index contributed by atoms with van der Waals surface area (Å²) >= 11 is 0. The highest BCUT2D eigenvalue weighted by Crippen LogP contribution is 2.32. The van der Waals surface area contributed by atoms with E-state index in [1.165, 1.54) is 70.8 Å². The second kappa shape index (κ2) is 8.26. The van der Waals surface area contributed by atoms with Crippen molar-refractivity contribution in [2.45, 2.75) is 90.2 Å². The van der Waals surface area contributed by atoms with E-state index in [-0.39, 0.29) is 0 Å². The second-order valence-electron chi connectivity index (χ2n) is 6.58. The molecular weight excluding hydrogens is 234 g/mol. The molecule has 0 radical (unpaired) electrons. The first-order valence-corrected chi connectivity index (χ1v) is 8.70. The lowest BCUT2D eigenvalue weighted by atomic mass is 9.88. The summed E-state index contributed by atoms with van der Waals surface area (Å²) < 4.78 is 6.05. The molecule has 0 N–H and O–H groups in total. The predicted molar refractivity (Wildman–Crippen MR) is 81.2 cm³/mol. The van der Waals surface area contributed by atoms with Crippen molar-refractivity contribution in [3.8, 4) is 0 Å². The molecule has 0 aliphatic carbocycles. The fraction of sp³-hybridized carbons (Fsp3) is 1.00. The van der Waals surface area contributed by atoms with Crippen LogP contribution in [0.4, 0.5) is 0 Å². The molecule has 0 aromatic carbocycles. The first-order valence-electron chi connectivity index (χ1n) is 8.70. The molecule has 2 saturated heterocycles. The van der Waals surface area contributed by atoms with Crippen molar-refractivity contribution < 1.29 is 4.74 Å². The van der Waals surface area contributed by atoms with Gasteiger partial charge < -0.3 is 4.74 Å². The van der Waals surface area contributed by atoms with E-state index in [1.807, 2.05) is 0 Å². The SMILES string of the molecule is CCCCCCCCC1OCN2CC(CC)CCC12. The summed E-state index contributed by atoms with van der Waals surface area (Å²) in [6, 6.07) is 0.749. The third-order valence-corrected chi connectivity index (χ3v) is 5.14. The summed E-state index contributed by atoms with van der Waals surface area (Å²) in [5.41, 5.74) is 0. The van der Waals surface area contributed by atoms with Crippen LogP contribution in [0.25, 0.3) is 0 Å². The molecule has 2 aliphatic rings. The zero-order valence-corrected chi connectivity index (χ0v) is 13.1. The van der Waals surface area contributed by atoms with E-state index < -0.39 is 0 Å². The molecule has 0 aromatic heterocycles. The third-order valence-electron chi connectivity index (χ3n) is 5.14. The maximum atomic E-state index is 6.05. The summed E-state index contributed by atoms with van der Waals surface area (Å²) in [6.45, 7) is 6.80. The second-order valence-corrected chi connectivity index (χ2v) is 6.58. The molecule has 0 aromatic rings. The van der Waals surface area contributed by atoms with E-state index in [9.17, 15) is 0 Å². The van der Waals surface area contributed by atoms with Crippen LogP contribution in [0.3, 0.4) is 0 Å². The lowest BCUT2D eigenvalue weighted by Gasteiger charge is -2.35. The number of piperidine rings is 1. The maximum Gasteiger partial charge on any atom is 0.0998 e. The van der Waals surface area contributed by atoms with Crippen LogP contribution in [0, 0.1) is 5.92 Å². The van der Waals surface area contributed by atoms with E-state index in [1.54, 1.807) is 0 Å². The molecular formula is C17H33NO. The molecule has 0 amide bonds. The fourth-order valence-electron chi connectivity index (χ4n) is 3.75. The molecule has 19 heavy (non-hydrogen) atoms. The molecule has 112 valence electrons. The largest absolute Gasteiger partial charge is 0.361 e. The van der Waals surface area contributed by atoms with E-state index in [2.05, 4.69) is 18.7 Å². The highest BCUT2D eigenvalue weighted by molar-refractivity contribution is 4.89. The summed E-state index contributed by atoms with van der Waals surface area (Å²) in [5, 5.41) is 0. The fourth-order valence-corrected chi connectivity index (χ4v) is 3.75. The highest BCUT2D eigenvalue weighted by Gasteiger charge is 2.38. The molecule has 0 spiro atoms.